The van der Waals surface area contributed by atoms with Gasteiger partial charge in [-0.3, -0.25) is 4.79 Å². The van der Waals surface area contributed by atoms with Crippen LogP contribution in [0.3, 0.4) is 0 Å². The van der Waals surface area contributed by atoms with Crippen molar-refractivity contribution in [1.29, 1.82) is 0 Å². The van der Waals surface area contributed by atoms with Crippen molar-refractivity contribution in [2.45, 2.75) is 87.1 Å². The molecule has 0 aliphatic carbocycles. The van der Waals surface area contributed by atoms with Crippen molar-refractivity contribution in [2.24, 2.45) is 5.41 Å². The summed E-state index contributed by atoms with van der Waals surface area (Å²) in [5.41, 5.74) is 0.525. The van der Waals surface area contributed by atoms with Gasteiger partial charge in [-0.25, -0.2) is 0 Å². The molecular formula is C16H35BNO. The standard InChI is InChI=1S/C9H17NO.C5H12.C2H6.B/c1-9(2,3)10-7-5-4-6-8(10)11;1-5(2,3)4;1-2;/h4-7H2,1-3H3;1-4H3;1-2H3;. The molecule has 2 nitrogen and oxygen atoms in total. The Balaban J connectivity index is -0.000000275. The molecule has 0 spiro atoms. The average molecular weight is 268 g/mol. The van der Waals surface area contributed by atoms with E-state index in [4.69, 9.17) is 0 Å². The van der Waals surface area contributed by atoms with Crippen molar-refractivity contribution in [1.82, 2.24) is 4.90 Å². The number of amides is 1. The highest BCUT2D eigenvalue weighted by molar-refractivity contribution is 5.77. The Morgan fingerprint density at radius 1 is 0.895 bits per heavy atom. The molecule has 113 valence electrons. The molecule has 0 N–H and O–H groups in total. The van der Waals surface area contributed by atoms with E-state index in [1.807, 2.05) is 18.7 Å². The Labute approximate surface area is 123 Å². The fourth-order valence-electron chi connectivity index (χ4n) is 1.52. The molecule has 0 aromatic rings. The number of nitrogens with zero attached hydrogens (tertiary/aromatic N) is 1. The first-order chi connectivity index (χ1) is 8.02. The Bertz CT molecular complexity index is 220. The number of carbonyl (C=O) groups is 1. The second-order valence-electron chi connectivity index (χ2n) is 7.17. The maximum Gasteiger partial charge on any atom is 0.222 e. The van der Waals surface area contributed by atoms with Gasteiger partial charge in [-0.1, -0.05) is 41.5 Å². The molecule has 3 radical (unpaired) electrons. The zero-order valence-electron chi connectivity index (χ0n) is 14.8. The quantitative estimate of drug-likeness (QED) is 0.592. The molecule has 0 saturated carbocycles. The molecule has 1 fully saturated rings. The molecule has 0 atom stereocenters. The lowest BCUT2D eigenvalue weighted by Crippen LogP contribution is -2.47. The lowest BCUT2D eigenvalue weighted by molar-refractivity contribution is -0.138. The van der Waals surface area contributed by atoms with E-state index in [1.165, 1.54) is 6.42 Å². The summed E-state index contributed by atoms with van der Waals surface area (Å²) in [6.07, 6.45) is 2.99. The maximum absolute atomic E-state index is 11.4. The highest BCUT2D eigenvalue weighted by atomic mass is 16.2. The second kappa shape index (κ2) is 10.3. The average Bonchev–Trinajstić information content (AvgIpc) is 2.17. The predicted octanol–water partition coefficient (Wildman–Crippen LogP) is 4.50. The molecule has 1 heterocycles. The van der Waals surface area contributed by atoms with Crippen molar-refractivity contribution in [3.63, 3.8) is 0 Å². The lowest BCUT2D eigenvalue weighted by Gasteiger charge is -2.38. The molecule has 0 unspecified atom stereocenters. The smallest absolute Gasteiger partial charge is 0.222 e. The molecule has 0 aromatic carbocycles. The van der Waals surface area contributed by atoms with Gasteiger partial charge in [0.2, 0.25) is 5.91 Å². The summed E-state index contributed by atoms with van der Waals surface area (Å²) < 4.78 is 0. The summed E-state index contributed by atoms with van der Waals surface area (Å²) in [6.45, 7) is 20.0. The Kier molecular flexibility index (Phi) is 12.8. The molecule has 1 saturated heterocycles. The van der Waals surface area contributed by atoms with E-state index in [0.717, 1.165) is 19.4 Å². The molecule has 19 heavy (non-hydrogen) atoms. The summed E-state index contributed by atoms with van der Waals surface area (Å²) in [5.74, 6) is 0.323. The van der Waals surface area contributed by atoms with E-state index in [1.54, 1.807) is 0 Å². The van der Waals surface area contributed by atoms with Crippen LogP contribution < -0.4 is 0 Å². The van der Waals surface area contributed by atoms with Crippen LogP contribution in [0.5, 0.6) is 0 Å². The van der Waals surface area contributed by atoms with Crippen molar-refractivity contribution in [3.8, 4) is 0 Å². The number of rotatable bonds is 0. The predicted molar refractivity (Wildman–Crippen MR) is 87.5 cm³/mol. The van der Waals surface area contributed by atoms with Gasteiger partial charge in [0.15, 0.2) is 0 Å². The zero-order valence-corrected chi connectivity index (χ0v) is 14.8. The molecule has 0 bridgehead atoms. The van der Waals surface area contributed by atoms with Gasteiger partial charge in [0.25, 0.3) is 0 Å². The van der Waals surface area contributed by atoms with Crippen LogP contribution in [0.25, 0.3) is 0 Å². The zero-order chi connectivity index (χ0) is 15.0. The Morgan fingerprint density at radius 2 is 1.26 bits per heavy atom. The van der Waals surface area contributed by atoms with Gasteiger partial charge in [0, 0.05) is 26.9 Å². The van der Waals surface area contributed by atoms with Gasteiger partial charge in [0.05, 0.1) is 0 Å². The van der Waals surface area contributed by atoms with E-state index in [9.17, 15) is 4.79 Å². The van der Waals surface area contributed by atoms with Crippen LogP contribution in [0, 0.1) is 5.41 Å². The van der Waals surface area contributed by atoms with Crippen LogP contribution in [0.4, 0.5) is 0 Å². The molecule has 1 aliphatic heterocycles. The molecule has 1 amide bonds. The minimum absolute atomic E-state index is 0. The summed E-state index contributed by atoms with van der Waals surface area (Å²) in [5, 5.41) is 0. The minimum Gasteiger partial charge on any atom is -0.338 e. The van der Waals surface area contributed by atoms with E-state index in [2.05, 4.69) is 48.5 Å². The summed E-state index contributed by atoms with van der Waals surface area (Å²) in [7, 11) is 0. The van der Waals surface area contributed by atoms with E-state index >= 15 is 0 Å². The molecule has 1 aliphatic rings. The van der Waals surface area contributed by atoms with Crippen LogP contribution in [0.2, 0.25) is 0 Å². The van der Waals surface area contributed by atoms with Crippen LogP contribution in [0.1, 0.15) is 81.6 Å². The Hall–Kier alpha value is -0.465. The Morgan fingerprint density at radius 3 is 1.47 bits per heavy atom. The first-order valence-corrected chi connectivity index (χ1v) is 7.32. The topological polar surface area (TPSA) is 20.3 Å². The first kappa shape index (κ1) is 23.6. The number of piperidine rings is 1. The highest BCUT2D eigenvalue weighted by Gasteiger charge is 2.27. The van der Waals surface area contributed by atoms with Crippen LogP contribution >= 0.6 is 0 Å². The first-order valence-electron chi connectivity index (χ1n) is 7.32. The van der Waals surface area contributed by atoms with Crippen molar-refractivity contribution in [3.05, 3.63) is 0 Å². The largest absolute Gasteiger partial charge is 0.338 e. The van der Waals surface area contributed by atoms with Crippen molar-refractivity contribution in [2.75, 3.05) is 6.54 Å². The normalized spacial score (nSPS) is 15.4. The summed E-state index contributed by atoms with van der Waals surface area (Å²) in [6, 6.07) is 0. The number of hydrogen-bond acceptors (Lipinski definition) is 1. The van der Waals surface area contributed by atoms with Crippen molar-refractivity contribution >= 4 is 14.3 Å². The molecule has 3 heteroatoms. The van der Waals surface area contributed by atoms with Gasteiger partial charge in [-0.05, 0) is 39.0 Å². The summed E-state index contributed by atoms with van der Waals surface area (Å²) >= 11 is 0. The second-order valence-corrected chi connectivity index (χ2v) is 7.17. The third kappa shape index (κ3) is 15.5. The maximum atomic E-state index is 11.4. The van der Waals surface area contributed by atoms with Gasteiger partial charge < -0.3 is 4.90 Å². The fourth-order valence-corrected chi connectivity index (χ4v) is 1.52. The molecule has 1 rings (SSSR count). The molecular weight excluding hydrogens is 233 g/mol. The number of hydrogen-bond donors (Lipinski definition) is 0. The van der Waals surface area contributed by atoms with E-state index in [0.29, 0.717) is 11.3 Å². The third-order valence-electron chi connectivity index (χ3n) is 2.13. The summed E-state index contributed by atoms with van der Waals surface area (Å²) in [4.78, 5) is 13.3. The van der Waals surface area contributed by atoms with Crippen LogP contribution in [0.15, 0.2) is 0 Å². The fraction of sp³-hybridized carbons (Fsp3) is 0.938. The third-order valence-corrected chi connectivity index (χ3v) is 2.13. The van der Waals surface area contributed by atoms with Crippen LogP contribution in [-0.4, -0.2) is 31.3 Å². The van der Waals surface area contributed by atoms with E-state index in [-0.39, 0.29) is 14.0 Å². The number of carbonyl (C=O) groups excluding carboxylic acids is 1. The van der Waals surface area contributed by atoms with Gasteiger partial charge in [-0.2, -0.15) is 0 Å². The van der Waals surface area contributed by atoms with Gasteiger partial charge in [0.1, 0.15) is 0 Å². The van der Waals surface area contributed by atoms with Crippen molar-refractivity contribution < 1.29 is 4.79 Å². The SMILES string of the molecule is CC.CC(C)(C)C.CC(C)(C)N1CCCCC1=O.[B]. The van der Waals surface area contributed by atoms with Crippen LogP contribution in [-0.2, 0) is 4.79 Å². The highest BCUT2D eigenvalue weighted by Crippen LogP contribution is 2.20. The lowest BCUT2D eigenvalue weighted by atomic mass is 10.0. The monoisotopic (exact) mass is 268 g/mol. The van der Waals surface area contributed by atoms with Gasteiger partial charge >= 0.3 is 0 Å². The van der Waals surface area contributed by atoms with Gasteiger partial charge in [-0.15, -0.1) is 0 Å². The number of likely N-dealkylation sites (tertiary alicyclic amines) is 1. The molecule has 0 aromatic heterocycles. The minimum atomic E-state index is 0. The van der Waals surface area contributed by atoms with E-state index < -0.39 is 0 Å².